The predicted molar refractivity (Wildman–Crippen MR) is 158 cm³/mol. The second kappa shape index (κ2) is 13.0. The minimum atomic E-state index is -1.07. The molecule has 0 bridgehead atoms. The van der Waals surface area contributed by atoms with Gasteiger partial charge < -0.3 is 14.7 Å². The van der Waals surface area contributed by atoms with Gasteiger partial charge in [0.1, 0.15) is 17.0 Å². The first kappa shape index (κ1) is 29.2. The summed E-state index contributed by atoms with van der Waals surface area (Å²) in [5.41, 5.74) is 1.31. The molecule has 2 saturated heterocycles. The molecule has 6 nitrogen and oxygen atoms in total. The molecule has 2 saturated carbocycles. The number of amides is 1. The molecule has 2 heterocycles. The number of carbonyl (C=O) groups is 2. The largest absolute Gasteiger partial charge is 0.480 e. The molecule has 0 aromatic heterocycles. The number of ether oxygens (including phenoxy) is 1. The number of hydrogen-bond acceptors (Lipinski definition) is 6. The number of carboxylic acids is 1. The highest BCUT2D eigenvalue weighted by molar-refractivity contribution is 8.26. The lowest BCUT2D eigenvalue weighted by Crippen LogP contribution is -2.50. The minimum absolute atomic E-state index is 0.265. The zero-order valence-electron chi connectivity index (χ0n) is 23.2. The van der Waals surface area contributed by atoms with Gasteiger partial charge in [-0.15, -0.1) is 0 Å². The van der Waals surface area contributed by atoms with E-state index < -0.39 is 12.5 Å². The molecule has 4 unspecified atom stereocenters. The van der Waals surface area contributed by atoms with Gasteiger partial charge in [-0.3, -0.25) is 14.5 Å². The van der Waals surface area contributed by atoms with Crippen molar-refractivity contribution in [2.75, 3.05) is 13.1 Å². The van der Waals surface area contributed by atoms with Gasteiger partial charge in [0.05, 0.1) is 10.9 Å². The number of nitrogens with zero attached hydrogens (tertiary/aromatic N) is 2. The van der Waals surface area contributed by atoms with Crippen LogP contribution in [0.3, 0.4) is 0 Å². The van der Waals surface area contributed by atoms with Gasteiger partial charge in [-0.1, -0.05) is 88.8 Å². The van der Waals surface area contributed by atoms with Crippen LogP contribution in [0.15, 0.2) is 34.6 Å². The number of carbonyl (C=O) groups excluding carboxylic acids is 1. The van der Waals surface area contributed by atoms with Crippen molar-refractivity contribution in [3.8, 4) is 0 Å². The Kier molecular flexibility index (Phi) is 10.0. The van der Waals surface area contributed by atoms with Gasteiger partial charge in [-0.2, -0.15) is 0 Å². The van der Waals surface area contributed by atoms with Gasteiger partial charge >= 0.3 is 5.97 Å². The van der Waals surface area contributed by atoms with Gasteiger partial charge in [0.25, 0.3) is 5.91 Å². The number of hydrogen-bond donors (Lipinski definition) is 1. The molecule has 0 radical (unpaired) electrons. The highest BCUT2D eigenvalue weighted by Gasteiger charge is 2.53. The van der Waals surface area contributed by atoms with Gasteiger partial charge in [0.15, 0.2) is 5.88 Å². The lowest BCUT2D eigenvalue weighted by atomic mass is 9.58. The zero-order valence-corrected chi connectivity index (χ0v) is 24.9. The number of fused-ring (bicyclic) bond motifs is 3. The molecule has 1 amide bonds. The summed E-state index contributed by atoms with van der Waals surface area (Å²) in [4.78, 5) is 27.9. The lowest BCUT2D eigenvalue weighted by molar-refractivity contribution is -0.140. The van der Waals surface area contributed by atoms with Crippen LogP contribution in [0.25, 0.3) is 0 Å². The summed E-state index contributed by atoms with van der Waals surface area (Å²) >= 11 is 6.39. The maximum absolute atomic E-state index is 12.7. The Bertz CT molecular complexity index is 1010. The Balaban J connectivity index is 1.49. The number of aliphatic carboxylic acids is 1. The molecule has 0 aromatic carbocycles. The van der Waals surface area contributed by atoms with E-state index in [0.29, 0.717) is 26.6 Å². The summed E-state index contributed by atoms with van der Waals surface area (Å²) in [6.07, 6.45) is 21.5. The highest BCUT2D eigenvalue weighted by Crippen LogP contribution is 2.54. The Hall–Kier alpha value is -1.80. The summed E-state index contributed by atoms with van der Waals surface area (Å²) in [6.45, 7) is 7.33. The first-order valence-corrected chi connectivity index (χ1v) is 15.7. The van der Waals surface area contributed by atoms with Gasteiger partial charge in [0, 0.05) is 12.5 Å². The van der Waals surface area contributed by atoms with E-state index in [1.165, 1.54) is 77.0 Å². The van der Waals surface area contributed by atoms with Gasteiger partial charge in [-0.25, -0.2) is 0 Å². The van der Waals surface area contributed by atoms with Crippen molar-refractivity contribution >= 4 is 40.2 Å². The van der Waals surface area contributed by atoms with Gasteiger partial charge in [0.2, 0.25) is 0 Å². The summed E-state index contributed by atoms with van der Waals surface area (Å²) < 4.78 is 7.07. The number of carboxylic acid groups (broad SMARTS) is 1. The molecule has 0 spiro atoms. The molecule has 4 aliphatic rings. The first-order valence-electron chi connectivity index (χ1n) is 14.5. The SMILES string of the molecule is CCCCCCCCN1C(=CC=C(C)C=C2SC(=S)N(CC(=O)O)C2=O)OC2C1CCC1(C)CCCCC21. The van der Waals surface area contributed by atoms with Crippen molar-refractivity contribution in [3.63, 3.8) is 0 Å². The Morgan fingerprint density at radius 2 is 1.95 bits per heavy atom. The third-order valence-electron chi connectivity index (χ3n) is 8.90. The van der Waals surface area contributed by atoms with Crippen LogP contribution in [0.5, 0.6) is 0 Å². The van der Waals surface area contributed by atoms with Crippen molar-refractivity contribution in [2.45, 2.75) is 110 Å². The van der Waals surface area contributed by atoms with Crippen LogP contribution in [-0.4, -0.2) is 56.3 Å². The van der Waals surface area contributed by atoms with Crippen LogP contribution in [0.2, 0.25) is 0 Å². The van der Waals surface area contributed by atoms with E-state index in [0.717, 1.165) is 34.7 Å². The highest BCUT2D eigenvalue weighted by atomic mass is 32.2. The Morgan fingerprint density at radius 1 is 1.18 bits per heavy atom. The van der Waals surface area contributed by atoms with Crippen molar-refractivity contribution in [3.05, 3.63) is 34.6 Å². The molecule has 0 aromatic rings. The van der Waals surface area contributed by atoms with E-state index in [-0.39, 0.29) is 12.0 Å². The van der Waals surface area contributed by atoms with Crippen molar-refractivity contribution < 1.29 is 19.4 Å². The Morgan fingerprint density at radius 3 is 2.71 bits per heavy atom. The van der Waals surface area contributed by atoms with Gasteiger partial charge in [-0.05, 0) is 62.2 Å². The second-order valence-electron chi connectivity index (χ2n) is 11.7. The van der Waals surface area contributed by atoms with E-state index in [9.17, 15) is 9.59 Å². The topological polar surface area (TPSA) is 70.1 Å². The molecule has 1 N–H and O–H groups in total. The van der Waals surface area contributed by atoms with Crippen LogP contribution in [0.4, 0.5) is 0 Å². The fourth-order valence-corrected chi connectivity index (χ4v) is 8.08. The van der Waals surface area contributed by atoms with E-state index in [2.05, 4.69) is 24.8 Å². The lowest BCUT2D eigenvalue weighted by Gasteiger charge is -2.49. The normalized spacial score (nSPS) is 31.7. The maximum atomic E-state index is 12.7. The fraction of sp³-hybridized carbons (Fsp3) is 0.700. The van der Waals surface area contributed by atoms with Crippen molar-refractivity contribution in [1.29, 1.82) is 0 Å². The number of allylic oxidation sites excluding steroid dienone is 4. The van der Waals surface area contributed by atoms with Crippen LogP contribution in [-0.2, 0) is 14.3 Å². The van der Waals surface area contributed by atoms with Crippen molar-refractivity contribution in [1.82, 2.24) is 9.80 Å². The maximum Gasteiger partial charge on any atom is 0.323 e. The molecule has 4 atom stereocenters. The molecule has 2 aliphatic carbocycles. The Labute approximate surface area is 237 Å². The fourth-order valence-electron chi connectivity index (χ4n) is 6.78. The van der Waals surface area contributed by atoms with E-state index >= 15 is 0 Å². The van der Waals surface area contributed by atoms with E-state index in [1.807, 2.05) is 13.0 Å². The monoisotopic (exact) mass is 560 g/mol. The molecule has 4 rings (SSSR count). The molecule has 2 aliphatic heterocycles. The molecule has 8 heteroatoms. The number of thioether (sulfide) groups is 1. The van der Waals surface area contributed by atoms with Crippen LogP contribution < -0.4 is 0 Å². The molecular formula is C30H44N2O4S2. The number of rotatable bonds is 11. The molecular weight excluding hydrogens is 516 g/mol. The quantitative estimate of drug-likeness (QED) is 0.165. The van der Waals surface area contributed by atoms with E-state index in [1.54, 1.807) is 6.08 Å². The minimum Gasteiger partial charge on any atom is -0.480 e. The first-order chi connectivity index (χ1) is 18.2. The zero-order chi connectivity index (χ0) is 27.3. The van der Waals surface area contributed by atoms with Crippen molar-refractivity contribution in [2.24, 2.45) is 11.3 Å². The number of unbranched alkanes of at least 4 members (excludes halogenated alkanes) is 5. The molecule has 38 heavy (non-hydrogen) atoms. The average molecular weight is 561 g/mol. The summed E-state index contributed by atoms with van der Waals surface area (Å²) in [5.74, 6) is 0.176. The average Bonchev–Trinajstić information content (AvgIpc) is 3.36. The third kappa shape index (κ3) is 6.67. The smallest absolute Gasteiger partial charge is 0.323 e. The third-order valence-corrected chi connectivity index (χ3v) is 10.3. The molecule has 210 valence electrons. The standard InChI is InChI=1S/C30H44N2O4S2/c1-4-5-6-7-8-11-18-31-23-15-17-30(3)16-10-9-12-22(30)27(23)36-25(31)14-13-21(2)19-24-28(35)32(20-26(33)34)29(37)38-24/h13-14,19,22-23,27H,4-12,15-18,20H2,1-3H3,(H,33,34). The van der Waals surface area contributed by atoms with Crippen LogP contribution >= 0.6 is 24.0 Å². The van der Waals surface area contributed by atoms with Crippen LogP contribution in [0.1, 0.15) is 97.8 Å². The van der Waals surface area contributed by atoms with Crippen LogP contribution in [0, 0.1) is 11.3 Å². The number of thiocarbonyl (C=S) groups is 1. The second-order valence-corrected chi connectivity index (χ2v) is 13.4. The van der Waals surface area contributed by atoms with E-state index in [4.69, 9.17) is 22.1 Å². The predicted octanol–water partition coefficient (Wildman–Crippen LogP) is 7.02. The summed E-state index contributed by atoms with van der Waals surface area (Å²) in [7, 11) is 0. The summed E-state index contributed by atoms with van der Waals surface area (Å²) in [6, 6.07) is 0.453. The summed E-state index contributed by atoms with van der Waals surface area (Å²) in [5, 5.41) is 9.08. The molecule has 4 fully saturated rings.